The summed E-state index contributed by atoms with van der Waals surface area (Å²) >= 11 is 5.94. The molecule has 1 aliphatic heterocycles. The predicted molar refractivity (Wildman–Crippen MR) is 118 cm³/mol. The number of rotatable bonds is 8. The van der Waals surface area contributed by atoms with E-state index in [-0.39, 0.29) is 11.7 Å². The zero-order valence-electron chi connectivity index (χ0n) is 16.7. The van der Waals surface area contributed by atoms with Crippen molar-refractivity contribution in [3.8, 4) is 0 Å². The van der Waals surface area contributed by atoms with Crippen LogP contribution in [0, 0.1) is 10.1 Å². The molecule has 0 atom stereocenters. The van der Waals surface area contributed by atoms with Gasteiger partial charge in [0.05, 0.1) is 4.92 Å². The summed E-state index contributed by atoms with van der Waals surface area (Å²) in [6, 6.07) is 13.4. The van der Waals surface area contributed by atoms with Gasteiger partial charge in [0.15, 0.2) is 0 Å². The van der Waals surface area contributed by atoms with Crippen LogP contribution in [0.5, 0.6) is 0 Å². The molecule has 8 nitrogen and oxygen atoms in total. The van der Waals surface area contributed by atoms with Gasteiger partial charge in [0.2, 0.25) is 0 Å². The van der Waals surface area contributed by atoms with Gasteiger partial charge in [-0.2, -0.15) is 0 Å². The van der Waals surface area contributed by atoms with Crippen LogP contribution in [-0.2, 0) is 6.54 Å². The third-order valence-corrected chi connectivity index (χ3v) is 5.31. The number of nitro benzene ring substituents is 1. The van der Waals surface area contributed by atoms with E-state index in [1.165, 1.54) is 29.8 Å². The van der Waals surface area contributed by atoms with Gasteiger partial charge in [-0.1, -0.05) is 23.7 Å². The Morgan fingerprint density at radius 1 is 1.00 bits per heavy atom. The van der Waals surface area contributed by atoms with Crippen LogP contribution in [0.4, 0.5) is 16.2 Å². The maximum absolute atomic E-state index is 11.9. The van der Waals surface area contributed by atoms with Crippen molar-refractivity contribution in [2.75, 3.05) is 44.6 Å². The average molecular weight is 432 g/mol. The number of nitrogens with zero attached hydrogens (tertiary/aromatic N) is 3. The van der Waals surface area contributed by atoms with Crippen LogP contribution in [0.1, 0.15) is 12.0 Å². The quantitative estimate of drug-likeness (QED) is 0.378. The fourth-order valence-electron chi connectivity index (χ4n) is 3.37. The van der Waals surface area contributed by atoms with Gasteiger partial charge >= 0.3 is 6.03 Å². The highest BCUT2D eigenvalue weighted by molar-refractivity contribution is 6.30. The van der Waals surface area contributed by atoms with E-state index < -0.39 is 4.92 Å². The minimum absolute atomic E-state index is 0.00535. The Kier molecular flexibility index (Phi) is 8.01. The van der Waals surface area contributed by atoms with E-state index in [1.807, 2.05) is 12.1 Å². The van der Waals surface area contributed by atoms with Crippen molar-refractivity contribution in [3.63, 3.8) is 0 Å². The lowest BCUT2D eigenvalue weighted by molar-refractivity contribution is -0.384. The first-order valence-electron chi connectivity index (χ1n) is 9.98. The molecule has 1 saturated heterocycles. The molecule has 1 aliphatic rings. The van der Waals surface area contributed by atoms with E-state index in [4.69, 9.17) is 11.6 Å². The molecule has 0 bridgehead atoms. The fourth-order valence-corrected chi connectivity index (χ4v) is 3.49. The number of anilines is 1. The third kappa shape index (κ3) is 6.98. The zero-order valence-corrected chi connectivity index (χ0v) is 17.5. The molecule has 2 amide bonds. The Bertz CT molecular complexity index is 837. The third-order valence-electron chi connectivity index (χ3n) is 5.06. The van der Waals surface area contributed by atoms with Crippen LogP contribution >= 0.6 is 11.6 Å². The first kappa shape index (κ1) is 22.0. The standard InChI is InChI=1S/C21H26ClN5O3/c22-18-4-2-17(3-5-18)16-26-14-12-25(13-15-26)11-1-10-23-21(28)24-19-6-8-20(9-7-19)27(29)30/h2-9H,1,10-16H2,(H2,23,24,28). The van der Waals surface area contributed by atoms with Crippen LogP contribution in [0.2, 0.25) is 5.02 Å². The molecule has 0 aliphatic carbocycles. The van der Waals surface area contributed by atoms with Crippen LogP contribution in [0.25, 0.3) is 0 Å². The topological polar surface area (TPSA) is 90.8 Å². The molecule has 9 heteroatoms. The molecule has 0 aromatic heterocycles. The summed E-state index contributed by atoms with van der Waals surface area (Å²) < 4.78 is 0. The molecular formula is C21H26ClN5O3. The summed E-state index contributed by atoms with van der Waals surface area (Å²) in [4.78, 5) is 27.0. The van der Waals surface area contributed by atoms with Gasteiger partial charge in [-0.25, -0.2) is 4.79 Å². The van der Waals surface area contributed by atoms with E-state index in [0.717, 1.165) is 50.7 Å². The first-order chi connectivity index (χ1) is 14.5. The highest BCUT2D eigenvalue weighted by Crippen LogP contribution is 2.15. The molecule has 3 rings (SSSR count). The Hall–Kier alpha value is -2.68. The number of hydrogen-bond donors (Lipinski definition) is 2. The lowest BCUT2D eigenvalue weighted by Gasteiger charge is -2.34. The van der Waals surface area contributed by atoms with E-state index >= 15 is 0 Å². The van der Waals surface area contributed by atoms with Gasteiger partial charge in [-0.05, 0) is 42.8 Å². The molecule has 30 heavy (non-hydrogen) atoms. The van der Waals surface area contributed by atoms with E-state index in [1.54, 1.807) is 0 Å². The minimum Gasteiger partial charge on any atom is -0.338 e. The Morgan fingerprint density at radius 3 is 2.27 bits per heavy atom. The summed E-state index contributed by atoms with van der Waals surface area (Å²) in [5, 5.41) is 16.9. The van der Waals surface area contributed by atoms with E-state index in [0.29, 0.717) is 12.2 Å². The van der Waals surface area contributed by atoms with E-state index in [9.17, 15) is 14.9 Å². The molecule has 2 aromatic carbocycles. The largest absolute Gasteiger partial charge is 0.338 e. The summed E-state index contributed by atoms with van der Waals surface area (Å²) in [7, 11) is 0. The first-order valence-corrected chi connectivity index (χ1v) is 10.4. The number of non-ortho nitro benzene ring substituents is 1. The zero-order chi connectivity index (χ0) is 21.3. The molecule has 2 N–H and O–H groups in total. The van der Waals surface area contributed by atoms with Crippen molar-refractivity contribution in [2.45, 2.75) is 13.0 Å². The van der Waals surface area contributed by atoms with Gasteiger partial charge in [0.25, 0.3) is 5.69 Å². The lowest BCUT2D eigenvalue weighted by Crippen LogP contribution is -2.46. The van der Waals surface area contributed by atoms with E-state index in [2.05, 4.69) is 32.6 Å². The van der Waals surface area contributed by atoms with Gasteiger partial charge in [0.1, 0.15) is 0 Å². The van der Waals surface area contributed by atoms with Crippen LogP contribution in [-0.4, -0.2) is 60.0 Å². The number of urea groups is 1. The highest BCUT2D eigenvalue weighted by Gasteiger charge is 2.16. The molecule has 160 valence electrons. The van der Waals surface area contributed by atoms with Crippen molar-refractivity contribution in [2.24, 2.45) is 0 Å². The number of nitro groups is 1. The SMILES string of the molecule is O=C(NCCCN1CCN(Cc2ccc(Cl)cc2)CC1)Nc1ccc([N+](=O)[O-])cc1. The molecule has 1 heterocycles. The second-order valence-corrected chi connectivity index (χ2v) is 7.72. The van der Waals surface area contributed by atoms with Crippen LogP contribution in [0.15, 0.2) is 48.5 Å². The number of piperazine rings is 1. The molecular weight excluding hydrogens is 406 g/mol. The van der Waals surface area contributed by atoms with Gasteiger partial charge in [-0.15, -0.1) is 0 Å². The minimum atomic E-state index is -0.471. The summed E-state index contributed by atoms with van der Waals surface area (Å²) in [6.45, 7) is 6.53. The number of carbonyl (C=O) groups excluding carboxylic acids is 1. The molecule has 0 unspecified atom stereocenters. The fraction of sp³-hybridized carbons (Fsp3) is 0.381. The van der Waals surface area contributed by atoms with Crippen LogP contribution < -0.4 is 10.6 Å². The van der Waals surface area contributed by atoms with Gasteiger partial charge < -0.3 is 15.5 Å². The monoisotopic (exact) mass is 431 g/mol. The molecule has 1 fully saturated rings. The number of hydrogen-bond acceptors (Lipinski definition) is 5. The second kappa shape index (κ2) is 10.9. The smallest absolute Gasteiger partial charge is 0.319 e. The average Bonchev–Trinajstić information content (AvgIpc) is 2.74. The van der Waals surface area contributed by atoms with Crippen molar-refractivity contribution < 1.29 is 9.72 Å². The van der Waals surface area contributed by atoms with Crippen molar-refractivity contribution in [3.05, 3.63) is 69.2 Å². The summed E-state index contributed by atoms with van der Waals surface area (Å²) in [5.41, 5.74) is 1.79. The number of nitrogens with one attached hydrogen (secondary N) is 2. The Labute approximate surface area is 181 Å². The normalized spacial score (nSPS) is 15.0. The van der Waals surface area contributed by atoms with Gasteiger partial charge in [0, 0.05) is 62.1 Å². The number of carbonyl (C=O) groups is 1. The summed E-state index contributed by atoms with van der Waals surface area (Å²) in [6.07, 6.45) is 0.866. The molecule has 0 radical (unpaired) electrons. The maximum Gasteiger partial charge on any atom is 0.319 e. The Morgan fingerprint density at radius 2 is 1.63 bits per heavy atom. The molecule has 0 spiro atoms. The van der Waals surface area contributed by atoms with Crippen LogP contribution in [0.3, 0.4) is 0 Å². The predicted octanol–water partition coefficient (Wildman–Crippen LogP) is 3.58. The number of benzene rings is 2. The Balaban J connectivity index is 1.28. The van der Waals surface area contributed by atoms with Crippen molar-refractivity contribution >= 4 is 29.0 Å². The van der Waals surface area contributed by atoms with Crippen molar-refractivity contribution in [1.82, 2.24) is 15.1 Å². The summed E-state index contributed by atoms with van der Waals surface area (Å²) in [5.74, 6) is 0. The molecule has 2 aromatic rings. The highest BCUT2D eigenvalue weighted by atomic mass is 35.5. The second-order valence-electron chi connectivity index (χ2n) is 7.28. The van der Waals surface area contributed by atoms with Gasteiger partial charge in [-0.3, -0.25) is 15.0 Å². The number of halogens is 1. The molecule has 0 saturated carbocycles. The lowest BCUT2D eigenvalue weighted by atomic mass is 10.2. The van der Waals surface area contributed by atoms with Crippen molar-refractivity contribution in [1.29, 1.82) is 0 Å². The number of amides is 2. The maximum atomic E-state index is 11.9.